The summed E-state index contributed by atoms with van der Waals surface area (Å²) in [5, 5.41) is 3.82. The molecule has 1 fully saturated rings. The van der Waals surface area contributed by atoms with Crippen LogP contribution in [0.25, 0.3) is 11.4 Å². The molecule has 0 saturated carbocycles. The zero-order chi connectivity index (χ0) is 21.9. The first-order valence-electron chi connectivity index (χ1n) is 9.84. The predicted molar refractivity (Wildman–Crippen MR) is 104 cm³/mol. The van der Waals surface area contributed by atoms with E-state index in [0.717, 1.165) is 38.3 Å². The number of carbonyl (C=O) groups is 1. The van der Waals surface area contributed by atoms with Gasteiger partial charge in [-0.3, -0.25) is 14.6 Å². The van der Waals surface area contributed by atoms with Crippen LogP contribution < -0.4 is 0 Å². The molecule has 1 saturated heterocycles. The first-order valence-corrected chi connectivity index (χ1v) is 9.84. The van der Waals surface area contributed by atoms with Gasteiger partial charge < -0.3 is 9.42 Å². The molecule has 0 radical (unpaired) electrons. The lowest BCUT2D eigenvalue weighted by molar-refractivity contribution is -0.137. The molecular weight excluding hydrogens is 399 g/mol. The standard InChI is InChI=1S/C20H26F3N5O2/c1-14(2)26(3)18(29)13-28-9-7-27(8-10-28)12-17-24-19(25-30-17)15-5-4-6-16(11-15)20(21,22)23/h4-6,11,14H,7-10,12-13H2,1-3H3. The Balaban J connectivity index is 1.54. The van der Waals surface area contributed by atoms with Crippen molar-refractivity contribution in [3.05, 3.63) is 35.7 Å². The third-order valence-electron chi connectivity index (χ3n) is 5.27. The number of benzene rings is 1. The molecule has 1 aromatic carbocycles. The SMILES string of the molecule is CC(C)N(C)C(=O)CN1CCN(Cc2nc(-c3cccc(C(F)(F)F)c3)no2)CC1. The molecule has 0 atom stereocenters. The van der Waals surface area contributed by atoms with Gasteiger partial charge in [-0.2, -0.15) is 18.2 Å². The number of carbonyl (C=O) groups excluding carboxylic acids is 1. The third-order valence-corrected chi connectivity index (χ3v) is 5.27. The molecule has 2 heterocycles. The Morgan fingerprint density at radius 1 is 1.20 bits per heavy atom. The molecule has 0 N–H and O–H groups in total. The number of aromatic nitrogens is 2. The van der Waals surface area contributed by atoms with Crippen molar-refractivity contribution in [1.82, 2.24) is 24.8 Å². The molecule has 3 rings (SSSR count). The summed E-state index contributed by atoms with van der Waals surface area (Å²) in [6.45, 7) is 7.72. The van der Waals surface area contributed by atoms with E-state index in [9.17, 15) is 18.0 Å². The Morgan fingerprint density at radius 2 is 1.87 bits per heavy atom. The van der Waals surface area contributed by atoms with Crippen LogP contribution in [0, 0.1) is 0 Å². The Bertz CT molecular complexity index is 860. The van der Waals surface area contributed by atoms with E-state index >= 15 is 0 Å². The number of hydrogen-bond donors (Lipinski definition) is 0. The minimum absolute atomic E-state index is 0.0982. The van der Waals surface area contributed by atoms with E-state index < -0.39 is 11.7 Å². The van der Waals surface area contributed by atoms with Gasteiger partial charge in [-0.15, -0.1) is 0 Å². The molecular formula is C20H26F3N5O2. The van der Waals surface area contributed by atoms with E-state index in [1.165, 1.54) is 12.1 Å². The highest BCUT2D eigenvalue weighted by atomic mass is 19.4. The van der Waals surface area contributed by atoms with Gasteiger partial charge in [0.2, 0.25) is 17.6 Å². The second kappa shape index (κ2) is 9.13. The van der Waals surface area contributed by atoms with Crippen molar-refractivity contribution >= 4 is 5.91 Å². The van der Waals surface area contributed by atoms with Gasteiger partial charge in [0.15, 0.2) is 0 Å². The van der Waals surface area contributed by atoms with Gasteiger partial charge >= 0.3 is 6.18 Å². The highest BCUT2D eigenvalue weighted by Gasteiger charge is 2.31. The summed E-state index contributed by atoms with van der Waals surface area (Å²) in [5.41, 5.74) is -0.488. The number of likely N-dealkylation sites (N-methyl/N-ethyl adjacent to an activating group) is 1. The normalized spacial score (nSPS) is 16.2. The fourth-order valence-electron chi connectivity index (χ4n) is 3.16. The van der Waals surface area contributed by atoms with E-state index in [0.29, 0.717) is 19.0 Å². The molecule has 1 aromatic heterocycles. The van der Waals surface area contributed by atoms with Crippen molar-refractivity contribution in [3.8, 4) is 11.4 Å². The number of rotatable bonds is 6. The van der Waals surface area contributed by atoms with Gasteiger partial charge in [-0.25, -0.2) is 0 Å². The van der Waals surface area contributed by atoms with Crippen molar-refractivity contribution in [1.29, 1.82) is 0 Å². The van der Waals surface area contributed by atoms with Crippen LogP contribution in [0.4, 0.5) is 13.2 Å². The Labute approximate surface area is 173 Å². The maximum absolute atomic E-state index is 12.9. The lowest BCUT2D eigenvalue weighted by Crippen LogP contribution is -2.50. The Morgan fingerprint density at radius 3 is 2.50 bits per heavy atom. The van der Waals surface area contributed by atoms with Crippen LogP contribution in [0.2, 0.25) is 0 Å². The molecule has 1 aliphatic heterocycles. The summed E-state index contributed by atoms with van der Waals surface area (Å²) in [6, 6.07) is 5.04. The van der Waals surface area contributed by atoms with Crippen LogP contribution in [-0.4, -0.2) is 76.6 Å². The molecule has 164 valence electrons. The van der Waals surface area contributed by atoms with E-state index in [4.69, 9.17) is 4.52 Å². The Hall–Kier alpha value is -2.46. The van der Waals surface area contributed by atoms with Crippen molar-refractivity contribution in [2.45, 2.75) is 32.6 Å². The van der Waals surface area contributed by atoms with E-state index in [-0.39, 0.29) is 23.3 Å². The topological polar surface area (TPSA) is 65.7 Å². The molecule has 0 aliphatic carbocycles. The zero-order valence-electron chi connectivity index (χ0n) is 17.3. The Kier molecular flexibility index (Phi) is 6.77. The fraction of sp³-hybridized carbons (Fsp3) is 0.550. The average Bonchev–Trinajstić information content (AvgIpc) is 3.16. The van der Waals surface area contributed by atoms with E-state index in [1.807, 2.05) is 13.8 Å². The van der Waals surface area contributed by atoms with E-state index in [1.54, 1.807) is 11.9 Å². The first kappa shape index (κ1) is 22.2. The number of nitrogens with zero attached hydrogens (tertiary/aromatic N) is 5. The minimum Gasteiger partial charge on any atom is -0.342 e. The number of piperazine rings is 1. The zero-order valence-corrected chi connectivity index (χ0v) is 17.3. The molecule has 2 aromatic rings. The molecule has 0 spiro atoms. The van der Waals surface area contributed by atoms with Crippen LogP contribution in [0.5, 0.6) is 0 Å². The molecule has 1 aliphatic rings. The summed E-state index contributed by atoms with van der Waals surface area (Å²) in [5.74, 6) is 0.588. The molecule has 0 unspecified atom stereocenters. The van der Waals surface area contributed by atoms with Crippen molar-refractivity contribution < 1.29 is 22.5 Å². The van der Waals surface area contributed by atoms with Gasteiger partial charge in [0.1, 0.15) is 0 Å². The van der Waals surface area contributed by atoms with Crippen LogP contribution in [0.1, 0.15) is 25.3 Å². The summed E-state index contributed by atoms with van der Waals surface area (Å²) < 4.78 is 43.9. The molecule has 10 heteroatoms. The highest BCUT2D eigenvalue weighted by Crippen LogP contribution is 2.31. The van der Waals surface area contributed by atoms with Gasteiger partial charge in [0, 0.05) is 44.8 Å². The number of amides is 1. The monoisotopic (exact) mass is 425 g/mol. The summed E-state index contributed by atoms with van der Waals surface area (Å²) in [4.78, 5) is 22.4. The summed E-state index contributed by atoms with van der Waals surface area (Å²) in [6.07, 6.45) is -4.42. The third kappa shape index (κ3) is 5.57. The largest absolute Gasteiger partial charge is 0.416 e. The summed E-state index contributed by atoms with van der Waals surface area (Å²) in [7, 11) is 1.81. The van der Waals surface area contributed by atoms with Crippen molar-refractivity contribution in [2.24, 2.45) is 0 Å². The fourth-order valence-corrected chi connectivity index (χ4v) is 3.16. The van der Waals surface area contributed by atoms with E-state index in [2.05, 4.69) is 19.9 Å². The molecule has 0 bridgehead atoms. The van der Waals surface area contributed by atoms with Crippen molar-refractivity contribution in [2.75, 3.05) is 39.8 Å². The second-order valence-electron chi connectivity index (χ2n) is 7.74. The lowest BCUT2D eigenvalue weighted by atomic mass is 10.1. The van der Waals surface area contributed by atoms with Crippen LogP contribution in [-0.2, 0) is 17.5 Å². The van der Waals surface area contributed by atoms with Gasteiger partial charge in [0.25, 0.3) is 0 Å². The second-order valence-corrected chi connectivity index (χ2v) is 7.74. The van der Waals surface area contributed by atoms with Gasteiger partial charge in [0.05, 0.1) is 18.7 Å². The smallest absolute Gasteiger partial charge is 0.342 e. The highest BCUT2D eigenvalue weighted by molar-refractivity contribution is 5.78. The van der Waals surface area contributed by atoms with Crippen LogP contribution in [0.15, 0.2) is 28.8 Å². The molecule has 7 nitrogen and oxygen atoms in total. The number of hydrogen-bond acceptors (Lipinski definition) is 6. The number of alkyl halides is 3. The van der Waals surface area contributed by atoms with Crippen LogP contribution in [0.3, 0.4) is 0 Å². The molecule has 30 heavy (non-hydrogen) atoms. The first-order chi connectivity index (χ1) is 14.1. The average molecular weight is 425 g/mol. The number of halogens is 3. The van der Waals surface area contributed by atoms with Gasteiger partial charge in [-0.05, 0) is 26.0 Å². The molecule has 1 amide bonds. The predicted octanol–water partition coefficient (Wildman–Crippen LogP) is 2.74. The maximum atomic E-state index is 12.9. The van der Waals surface area contributed by atoms with Gasteiger partial charge in [-0.1, -0.05) is 17.3 Å². The quantitative estimate of drug-likeness (QED) is 0.709. The minimum atomic E-state index is -4.42. The lowest BCUT2D eigenvalue weighted by Gasteiger charge is -2.34. The maximum Gasteiger partial charge on any atom is 0.416 e. The van der Waals surface area contributed by atoms with Crippen molar-refractivity contribution in [3.63, 3.8) is 0 Å². The summed E-state index contributed by atoms with van der Waals surface area (Å²) >= 11 is 0. The van der Waals surface area contributed by atoms with Crippen LogP contribution >= 0.6 is 0 Å².